The average molecular weight is 251 g/mol. The third kappa shape index (κ3) is 3.31. The molecule has 0 fully saturated rings. The maximum absolute atomic E-state index is 12.8. The number of hydrogen-bond acceptors (Lipinski definition) is 2. The normalized spacial score (nSPS) is 13.2. The van der Waals surface area contributed by atoms with Crippen LogP contribution in [0.25, 0.3) is 0 Å². The molecule has 0 aromatic heterocycles. The summed E-state index contributed by atoms with van der Waals surface area (Å²) < 4.78 is 65.5. The monoisotopic (exact) mass is 251 g/mol. The van der Waals surface area contributed by atoms with Crippen LogP contribution in [-0.4, -0.2) is 18.7 Å². The Morgan fingerprint density at radius 2 is 1.88 bits per heavy atom. The van der Waals surface area contributed by atoms with Gasteiger partial charge < -0.3 is 4.74 Å². The number of nitriles is 1. The first kappa shape index (κ1) is 13.2. The summed E-state index contributed by atoms with van der Waals surface area (Å²) in [5, 5.41) is 8.47. The Hall–Kier alpha value is -1.84. The van der Waals surface area contributed by atoms with Gasteiger partial charge in [-0.3, -0.25) is 0 Å². The molecule has 1 rings (SSSR count). The zero-order valence-corrected chi connectivity index (χ0v) is 8.21. The van der Waals surface area contributed by atoms with Crippen LogP contribution in [-0.2, 0) is 0 Å². The topological polar surface area (TPSA) is 33.0 Å². The van der Waals surface area contributed by atoms with Gasteiger partial charge in [0, 0.05) is 0 Å². The number of hydrogen-bond donors (Lipinski definition) is 0. The summed E-state index contributed by atoms with van der Waals surface area (Å²) in [6, 6.07) is 6.04. The van der Waals surface area contributed by atoms with Crippen molar-refractivity contribution in [2.75, 3.05) is 0 Å². The van der Waals surface area contributed by atoms with Crippen molar-refractivity contribution in [1.82, 2.24) is 0 Å². The molecule has 0 saturated carbocycles. The predicted molar refractivity (Wildman–Crippen MR) is 47.6 cm³/mol. The predicted octanol–water partition coefficient (Wildman–Crippen LogP) is 3.13. The molecule has 1 aromatic carbocycles. The van der Waals surface area contributed by atoms with Crippen LogP contribution in [0.4, 0.5) is 22.0 Å². The first-order chi connectivity index (χ1) is 7.86. The third-order valence-electron chi connectivity index (χ3n) is 1.76. The van der Waals surface area contributed by atoms with Crippen LogP contribution < -0.4 is 4.74 Å². The molecule has 0 N–H and O–H groups in total. The van der Waals surface area contributed by atoms with Gasteiger partial charge in [-0.2, -0.15) is 14.0 Å². The fourth-order valence-electron chi connectivity index (χ4n) is 0.989. The number of rotatable bonds is 4. The zero-order valence-electron chi connectivity index (χ0n) is 8.21. The molecule has 0 bridgehead atoms. The molecule has 0 radical (unpaired) electrons. The number of halogens is 5. The van der Waals surface area contributed by atoms with Gasteiger partial charge in [-0.05, 0) is 18.2 Å². The lowest BCUT2D eigenvalue weighted by Crippen LogP contribution is -2.40. The molecule has 1 unspecified atom stereocenters. The Labute approximate surface area is 93.2 Å². The molecule has 0 saturated heterocycles. The van der Waals surface area contributed by atoms with Gasteiger partial charge in [0.25, 0.3) is 12.6 Å². The maximum Gasteiger partial charge on any atom is 0.435 e. The molecule has 0 amide bonds. The molecule has 1 aromatic rings. The van der Waals surface area contributed by atoms with Gasteiger partial charge in [-0.1, -0.05) is 6.07 Å². The van der Waals surface area contributed by atoms with Crippen molar-refractivity contribution in [3.05, 3.63) is 29.8 Å². The van der Waals surface area contributed by atoms with E-state index >= 15 is 0 Å². The Morgan fingerprint density at radius 1 is 1.24 bits per heavy atom. The second-order valence-electron chi connectivity index (χ2n) is 3.04. The Balaban J connectivity index is 2.86. The highest BCUT2D eigenvalue weighted by atomic mass is 19.3. The molecule has 0 aliphatic carbocycles. The minimum Gasteiger partial charge on any atom is -0.430 e. The van der Waals surface area contributed by atoms with Gasteiger partial charge >= 0.3 is 6.11 Å². The molecule has 0 aliphatic rings. The summed E-state index contributed by atoms with van der Waals surface area (Å²) >= 11 is 0. The number of ether oxygens (including phenoxy) is 1. The second-order valence-corrected chi connectivity index (χ2v) is 3.04. The lowest BCUT2D eigenvalue weighted by Gasteiger charge is -2.20. The summed E-state index contributed by atoms with van der Waals surface area (Å²) in [6.07, 6.45) is -12.2. The minimum atomic E-state index is -4.65. The van der Waals surface area contributed by atoms with Crippen LogP contribution in [0.5, 0.6) is 5.75 Å². The Morgan fingerprint density at radius 3 is 2.41 bits per heavy atom. The molecule has 17 heavy (non-hydrogen) atoms. The summed E-state index contributed by atoms with van der Waals surface area (Å²) in [4.78, 5) is 0. The van der Waals surface area contributed by atoms with E-state index < -0.39 is 24.5 Å². The average Bonchev–Trinajstić information content (AvgIpc) is 2.27. The van der Waals surface area contributed by atoms with Crippen molar-refractivity contribution in [3.63, 3.8) is 0 Å². The highest BCUT2D eigenvalue weighted by Gasteiger charge is 2.49. The fraction of sp³-hybridized carbons (Fsp3) is 0.300. The van der Waals surface area contributed by atoms with Gasteiger partial charge in [-0.15, -0.1) is 0 Å². The molecular formula is C10H6F5NO. The van der Waals surface area contributed by atoms with Crippen molar-refractivity contribution >= 4 is 0 Å². The van der Waals surface area contributed by atoms with Crippen LogP contribution in [0.15, 0.2) is 24.3 Å². The zero-order chi connectivity index (χ0) is 13.1. The molecule has 0 spiro atoms. The van der Waals surface area contributed by atoms with E-state index in [9.17, 15) is 22.0 Å². The molecule has 92 valence electrons. The van der Waals surface area contributed by atoms with E-state index in [1.807, 2.05) is 0 Å². The third-order valence-corrected chi connectivity index (χ3v) is 1.76. The standard InChI is InChI=1S/C10H6F5NO/c11-8(9(12)13)10(14,15)17-7-3-1-2-6(4-7)5-16/h1-4,8-9H. The van der Waals surface area contributed by atoms with E-state index in [1.54, 1.807) is 6.07 Å². The molecule has 2 nitrogen and oxygen atoms in total. The summed E-state index contributed by atoms with van der Waals surface area (Å²) in [6.45, 7) is 0. The maximum atomic E-state index is 12.8. The fourth-order valence-corrected chi connectivity index (χ4v) is 0.989. The van der Waals surface area contributed by atoms with Crippen LogP contribution in [0.2, 0.25) is 0 Å². The van der Waals surface area contributed by atoms with Crippen molar-refractivity contribution in [2.24, 2.45) is 0 Å². The van der Waals surface area contributed by atoms with E-state index in [1.165, 1.54) is 12.1 Å². The SMILES string of the molecule is N#Cc1cccc(OC(F)(F)C(F)C(F)F)c1. The highest BCUT2D eigenvalue weighted by Crippen LogP contribution is 2.30. The minimum absolute atomic E-state index is 0.00856. The quantitative estimate of drug-likeness (QED) is 0.770. The van der Waals surface area contributed by atoms with Crippen LogP contribution in [0.3, 0.4) is 0 Å². The van der Waals surface area contributed by atoms with Gasteiger partial charge in [0.2, 0.25) is 0 Å². The van der Waals surface area contributed by atoms with E-state index in [4.69, 9.17) is 5.26 Å². The van der Waals surface area contributed by atoms with E-state index in [0.717, 1.165) is 12.1 Å². The van der Waals surface area contributed by atoms with Crippen LogP contribution in [0, 0.1) is 11.3 Å². The van der Waals surface area contributed by atoms with Crippen molar-refractivity contribution in [1.29, 1.82) is 5.26 Å². The summed E-state index contributed by atoms with van der Waals surface area (Å²) in [5.41, 5.74) is -0.00856. The van der Waals surface area contributed by atoms with E-state index in [0.29, 0.717) is 0 Å². The van der Waals surface area contributed by atoms with E-state index in [-0.39, 0.29) is 5.56 Å². The van der Waals surface area contributed by atoms with Gasteiger partial charge in [0.1, 0.15) is 5.75 Å². The first-order valence-corrected chi connectivity index (χ1v) is 4.36. The summed E-state index contributed by atoms with van der Waals surface area (Å²) in [7, 11) is 0. The first-order valence-electron chi connectivity index (χ1n) is 4.36. The number of benzene rings is 1. The Bertz CT molecular complexity index is 429. The lowest BCUT2D eigenvalue weighted by atomic mass is 10.2. The second kappa shape index (κ2) is 4.99. The molecule has 0 heterocycles. The van der Waals surface area contributed by atoms with Crippen molar-refractivity contribution in [3.8, 4) is 11.8 Å². The summed E-state index contributed by atoms with van der Waals surface area (Å²) in [5.74, 6) is -0.558. The van der Waals surface area contributed by atoms with E-state index in [2.05, 4.69) is 4.74 Å². The largest absolute Gasteiger partial charge is 0.435 e. The highest BCUT2D eigenvalue weighted by molar-refractivity contribution is 5.36. The van der Waals surface area contributed by atoms with Crippen LogP contribution in [0.1, 0.15) is 5.56 Å². The van der Waals surface area contributed by atoms with Gasteiger partial charge in [0.05, 0.1) is 11.6 Å². The van der Waals surface area contributed by atoms with Crippen molar-refractivity contribution < 1.29 is 26.7 Å². The lowest BCUT2D eigenvalue weighted by molar-refractivity contribution is -0.244. The Kier molecular flexibility index (Phi) is 3.89. The molecular weight excluding hydrogens is 245 g/mol. The van der Waals surface area contributed by atoms with Crippen LogP contribution >= 0.6 is 0 Å². The molecule has 0 aliphatic heterocycles. The van der Waals surface area contributed by atoms with Crippen molar-refractivity contribution in [2.45, 2.75) is 18.7 Å². The smallest absolute Gasteiger partial charge is 0.430 e. The molecule has 1 atom stereocenters. The molecule has 7 heteroatoms. The van der Waals surface area contributed by atoms with Gasteiger partial charge in [-0.25, -0.2) is 13.2 Å². The number of alkyl halides is 5. The number of nitrogens with zero attached hydrogens (tertiary/aromatic N) is 1. The van der Waals surface area contributed by atoms with Gasteiger partial charge in [0.15, 0.2) is 0 Å².